The summed E-state index contributed by atoms with van der Waals surface area (Å²) >= 11 is 12.0. The van der Waals surface area contributed by atoms with Gasteiger partial charge >= 0.3 is 5.69 Å². The van der Waals surface area contributed by atoms with Crippen molar-refractivity contribution in [3.8, 4) is 22.9 Å². The third-order valence-electron chi connectivity index (χ3n) is 6.22. The molecule has 0 atom stereocenters. The van der Waals surface area contributed by atoms with Gasteiger partial charge in [0.2, 0.25) is 0 Å². The lowest BCUT2D eigenvalue weighted by Gasteiger charge is -2.47. The van der Waals surface area contributed by atoms with E-state index in [0.29, 0.717) is 0 Å². The highest BCUT2D eigenvalue weighted by atomic mass is 35.5. The van der Waals surface area contributed by atoms with Crippen LogP contribution in [0.2, 0.25) is 10.0 Å². The highest BCUT2D eigenvalue weighted by molar-refractivity contribution is 6.31. The molecule has 0 unspecified atom stereocenters. The molecule has 34 heavy (non-hydrogen) atoms. The topological polar surface area (TPSA) is 83.9 Å². The third-order valence-corrected chi connectivity index (χ3v) is 6.72. The molecule has 1 saturated carbocycles. The molecule has 1 saturated heterocycles. The summed E-state index contributed by atoms with van der Waals surface area (Å²) in [6.45, 7) is -0.442. The van der Waals surface area contributed by atoms with Gasteiger partial charge in [0.05, 0.1) is 46.7 Å². The molecule has 0 N–H and O–H groups in total. The van der Waals surface area contributed by atoms with Crippen molar-refractivity contribution in [2.45, 2.75) is 25.1 Å². The van der Waals surface area contributed by atoms with Gasteiger partial charge in [-0.1, -0.05) is 29.3 Å². The summed E-state index contributed by atoms with van der Waals surface area (Å²) in [6, 6.07) is 7.04. The van der Waals surface area contributed by atoms with Gasteiger partial charge in [-0.05, 0) is 42.5 Å². The SMILES string of the molecule is N#CCn1c(N2CC(F)(C3CC3)C2)c(-c2ccc(F)c(Cl)c2)c(=O)n(-c2cncc(Cl)c2)c1=O. The Morgan fingerprint density at radius 2 is 1.91 bits per heavy atom. The number of hydrogen-bond donors (Lipinski definition) is 0. The standard InChI is InChI=1S/C23H17Cl2F2N5O2/c24-15-8-16(10-29-9-15)32-21(33)19(13-1-4-18(26)17(25)7-13)20(31(6-5-28)22(32)34)30-11-23(27,12-30)14-2-3-14/h1,4,7-10,14H,2-3,6,11-12H2. The highest BCUT2D eigenvalue weighted by Gasteiger charge is 2.55. The van der Waals surface area contributed by atoms with Gasteiger partial charge in [-0.15, -0.1) is 0 Å². The fourth-order valence-corrected chi connectivity index (χ4v) is 4.78. The molecule has 11 heteroatoms. The maximum atomic E-state index is 15.2. The van der Waals surface area contributed by atoms with Crippen LogP contribution >= 0.6 is 23.2 Å². The second-order valence-electron chi connectivity index (χ2n) is 8.52. The smallest absolute Gasteiger partial charge is 0.338 e. The summed E-state index contributed by atoms with van der Waals surface area (Å²) in [5, 5.41) is 9.44. The number of nitrogens with zero attached hydrogens (tertiary/aromatic N) is 5. The maximum absolute atomic E-state index is 15.2. The van der Waals surface area contributed by atoms with E-state index < -0.39 is 29.3 Å². The molecular weight excluding hydrogens is 487 g/mol. The Balaban J connectivity index is 1.80. The lowest BCUT2D eigenvalue weighted by Crippen LogP contribution is -2.62. The Morgan fingerprint density at radius 1 is 1.18 bits per heavy atom. The van der Waals surface area contributed by atoms with E-state index in [1.165, 1.54) is 30.6 Å². The van der Waals surface area contributed by atoms with Crippen molar-refractivity contribution in [1.29, 1.82) is 5.26 Å². The largest absolute Gasteiger partial charge is 0.351 e. The van der Waals surface area contributed by atoms with Crippen LogP contribution in [0.15, 0.2) is 46.2 Å². The third kappa shape index (κ3) is 3.67. The first-order valence-corrected chi connectivity index (χ1v) is 11.3. The van der Waals surface area contributed by atoms with E-state index in [0.717, 1.165) is 28.0 Å². The molecule has 2 aromatic heterocycles. The number of benzene rings is 1. The second-order valence-corrected chi connectivity index (χ2v) is 9.36. The van der Waals surface area contributed by atoms with Crippen molar-refractivity contribution in [2.24, 2.45) is 5.92 Å². The van der Waals surface area contributed by atoms with Crippen molar-refractivity contribution in [1.82, 2.24) is 14.1 Å². The molecular formula is C23H17Cl2F2N5O2. The normalized spacial score (nSPS) is 16.7. The molecule has 0 bridgehead atoms. The molecule has 1 aromatic carbocycles. The van der Waals surface area contributed by atoms with E-state index in [9.17, 15) is 19.2 Å². The Kier molecular flexibility index (Phi) is 5.46. The first kappa shape index (κ1) is 22.6. The fourth-order valence-electron chi connectivity index (χ4n) is 4.43. The van der Waals surface area contributed by atoms with Crippen LogP contribution in [0.1, 0.15) is 12.8 Å². The van der Waals surface area contributed by atoms with Crippen molar-refractivity contribution in [3.63, 3.8) is 0 Å². The number of anilines is 1. The average molecular weight is 504 g/mol. The minimum atomic E-state index is -1.42. The number of aromatic nitrogens is 3. The molecule has 0 spiro atoms. The zero-order valence-electron chi connectivity index (χ0n) is 17.6. The molecule has 0 amide bonds. The van der Waals surface area contributed by atoms with Gasteiger partial charge in [0, 0.05) is 6.20 Å². The number of rotatable bonds is 5. The van der Waals surface area contributed by atoms with Crippen LogP contribution in [-0.2, 0) is 6.54 Å². The molecule has 2 fully saturated rings. The van der Waals surface area contributed by atoms with Crippen LogP contribution in [-0.4, -0.2) is 32.9 Å². The predicted molar refractivity (Wildman–Crippen MR) is 124 cm³/mol. The first-order chi connectivity index (χ1) is 16.2. The molecule has 0 radical (unpaired) electrons. The quantitative estimate of drug-likeness (QED) is 0.525. The van der Waals surface area contributed by atoms with Crippen LogP contribution in [0.25, 0.3) is 16.8 Å². The molecule has 2 aliphatic rings. The Morgan fingerprint density at radius 3 is 2.53 bits per heavy atom. The summed E-state index contributed by atoms with van der Waals surface area (Å²) in [5.41, 5.74) is -2.65. The predicted octanol–water partition coefficient (Wildman–Crippen LogP) is 3.97. The van der Waals surface area contributed by atoms with E-state index in [2.05, 4.69) is 4.98 Å². The van der Waals surface area contributed by atoms with E-state index >= 15 is 4.39 Å². The Labute approximate surface area is 202 Å². The van der Waals surface area contributed by atoms with Crippen molar-refractivity contribution in [2.75, 3.05) is 18.0 Å². The highest BCUT2D eigenvalue weighted by Crippen LogP contribution is 2.49. The van der Waals surface area contributed by atoms with Crippen LogP contribution in [0.5, 0.6) is 0 Å². The van der Waals surface area contributed by atoms with E-state index in [1.54, 1.807) is 4.90 Å². The van der Waals surface area contributed by atoms with Crippen molar-refractivity contribution < 1.29 is 8.78 Å². The van der Waals surface area contributed by atoms with Crippen LogP contribution in [0, 0.1) is 23.1 Å². The molecule has 174 valence electrons. The molecule has 3 aromatic rings. The zero-order chi connectivity index (χ0) is 24.2. The van der Waals surface area contributed by atoms with Crippen LogP contribution in [0.4, 0.5) is 14.6 Å². The summed E-state index contributed by atoms with van der Waals surface area (Å²) < 4.78 is 31.1. The zero-order valence-corrected chi connectivity index (χ0v) is 19.2. The summed E-state index contributed by atoms with van der Waals surface area (Å²) in [4.78, 5) is 32.7. The van der Waals surface area contributed by atoms with E-state index in [-0.39, 0.29) is 51.7 Å². The number of nitriles is 1. The summed E-state index contributed by atoms with van der Waals surface area (Å²) in [5.74, 6) is -0.641. The first-order valence-electron chi connectivity index (χ1n) is 10.5. The van der Waals surface area contributed by atoms with Gasteiger partial charge < -0.3 is 4.90 Å². The maximum Gasteiger partial charge on any atom is 0.338 e. The second kappa shape index (κ2) is 8.22. The molecule has 1 aliphatic carbocycles. The van der Waals surface area contributed by atoms with Crippen molar-refractivity contribution >= 4 is 29.0 Å². The van der Waals surface area contributed by atoms with Gasteiger partial charge in [0.1, 0.15) is 23.8 Å². The average Bonchev–Trinajstić information content (AvgIpc) is 3.62. The van der Waals surface area contributed by atoms with Crippen molar-refractivity contribution in [3.05, 3.63) is 73.4 Å². The molecule has 5 rings (SSSR count). The summed E-state index contributed by atoms with van der Waals surface area (Å²) in [7, 11) is 0. The lowest BCUT2D eigenvalue weighted by molar-refractivity contribution is 0.0918. The van der Waals surface area contributed by atoms with Gasteiger partial charge in [0.15, 0.2) is 0 Å². The van der Waals surface area contributed by atoms with Crippen LogP contribution < -0.4 is 16.1 Å². The monoisotopic (exact) mass is 503 g/mol. The fraction of sp³-hybridized carbons (Fsp3) is 0.304. The van der Waals surface area contributed by atoms with E-state index in [4.69, 9.17) is 23.2 Å². The number of pyridine rings is 1. The number of alkyl halides is 1. The molecule has 3 heterocycles. The van der Waals surface area contributed by atoms with Gasteiger partial charge in [0.25, 0.3) is 5.56 Å². The Hall–Kier alpha value is -3.22. The van der Waals surface area contributed by atoms with Gasteiger partial charge in [-0.2, -0.15) is 5.26 Å². The molecule has 7 nitrogen and oxygen atoms in total. The van der Waals surface area contributed by atoms with Gasteiger partial charge in [-0.25, -0.2) is 18.1 Å². The summed E-state index contributed by atoms with van der Waals surface area (Å²) in [6.07, 6.45) is 4.21. The molecule has 1 aliphatic heterocycles. The van der Waals surface area contributed by atoms with Gasteiger partial charge in [-0.3, -0.25) is 14.3 Å². The van der Waals surface area contributed by atoms with Crippen LogP contribution in [0.3, 0.4) is 0 Å². The lowest BCUT2D eigenvalue weighted by atomic mass is 9.90. The minimum Gasteiger partial charge on any atom is -0.351 e. The Bertz CT molecular complexity index is 1470. The minimum absolute atomic E-state index is 0.00503. The van der Waals surface area contributed by atoms with E-state index in [1.807, 2.05) is 6.07 Å². The number of hydrogen-bond acceptors (Lipinski definition) is 5. The number of halogens is 4.